The zero-order valence-corrected chi connectivity index (χ0v) is 10.8. The maximum atomic E-state index is 9.71. The minimum Gasteiger partial charge on any atom is -0.387 e. The molecule has 0 saturated heterocycles. The van der Waals surface area contributed by atoms with Crippen molar-refractivity contribution in [3.05, 3.63) is 23.8 Å². The highest BCUT2D eigenvalue weighted by Crippen LogP contribution is 2.20. The summed E-state index contributed by atoms with van der Waals surface area (Å²) in [6.45, 7) is 1.18. The van der Waals surface area contributed by atoms with Crippen LogP contribution < -0.4 is 0 Å². The topological polar surface area (TPSA) is 127 Å². The molecule has 7 nitrogen and oxygen atoms in total. The third-order valence-electron chi connectivity index (χ3n) is 2.54. The van der Waals surface area contributed by atoms with E-state index in [0.29, 0.717) is 18.5 Å². The highest BCUT2D eigenvalue weighted by Gasteiger charge is 2.22. The first-order valence-electron chi connectivity index (χ1n) is 6.08. The number of aryl methyl sites for hydroxylation is 1. The average molecular weight is 272 g/mol. The number of rotatable bonds is 7. The van der Waals surface area contributed by atoms with Crippen molar-refractivity contribution in [1.29, 1.82) is 0 Å². The highest BCUT2D eigenvalue weighted by molar-refractivity contribution is 5.05. The number of nitrogens with zero attached hydrogens (tertiary/aromatic N) is 2. The smallest absolute Gasteiger partial charge is 0.162 e. The van der Waals surface area contributed by atoms with Crippen LogP contribution >= 0.6 is 0 Å². The summed E-state index contributed by atoms with van der Waals surface area (Å²) >= 11 is 0. The zero-order valence-electron chi connectivity index (χ0n) is 10.8. The van der Waals surface area contributed by atoms with Crippen molar-refractivity contribution >= 4 is 0 Å². The molecule has 0 bridgehead atoms. The van der Waals surface area contributed by atoms with Crippen LogP contribution in [0, 0.1) is 0 Å². The summed E-state index contributed by atoms with van der Waals surface area (Å²) in [7, 11) is 0. The minimum atomic E-state index is -1.96. The van der Waals surface area contributed by atoms with Gasteiger partial charge in [0.1, 0.15) is 6.10 Å². The summed E-state index contributed by atoms with van der Waals surface area (Å²) in [5, 5.41) is 45.4. The normalized spacial score (nSPS) is 13.8. The van der Waals surface area contributed by atoms with Crippen LogP contribution in [-0.2, 0) is 6.42 Å². The Hall–Kier alpha value is -1.12. The Kier molecular flexibility index (Phi) is 5.77. The quantitative estimate of drug-likeness (QED) is 0.413. The van der Waals surface area contributed by atoms with E-state index < -0.39 is 18.2 Å². The first-order valence-corrected chi connectivity index (χ1v) is 6.08. The molecule has 1 rings (SSSR count). The average Bonchev–Trinajstić information content (AvgIpc) is 2.27. The lowest BCUT2D eigenvalue weighted by Crippen LogP contribution is -2.26. The number of hydrogen-bond acceptors (Lipinski definition) is 7. The molecule has 1 aromatic rings. The first kappa shape index (κ1) is 15.9. The lowest BCUT2D eigenvalue weighted by Gasteiger charge is -2.19. The van der Waals surface area contributed by atoms with Gasteiger partial charge in [0.15, 0.2) is 12.1 Å². The van der Waals surface area contributed by atoms with Gasteiger partial charge in [-0.2, -0.15) is 0 Å². The predicted octanol–water partition coefficient (Wildman–Crippen LogP) is -0.766. The molecule has 0 aliphatic carbocycles. The van der Waals surface area contributed by atoms with E-state index in [1.165, 1.54) is 19.3 Å². The molecular weight excluding hydrogens is 252 g/mol. The van der Waals surface area contributed by atoms with E-state index in [0.717, 1.165) is 0 Å². The van der Waals surface area contributed by atoms with Gasteiger partial charge in [0.2, 0.25) is 0 Å². The Morgan fingerprint density at radius 2 is 1.84 bits per heavy atom. The Morgan fingerprint density at radius 3 is 2.32 bits per heavy atom. The second kappa shape index (κ2) is 6.88. The lowest BCUT2D eigenvalue weighted by atomic mass is 10.1. The summed E-state index contributed by atoms with van der Waals surface area (Å²) in [4.78, 5) is 8.08. The molecule has 1 heterocycles. The zero-order chi connectivity index (χ0) is 14.5. The van der Waals surface area contributed by atoms with Crippen molar-refractivity contribution in [2.45, 2.75) is 50.8 Å². The van der Waals surface area contributed by atoms with E-state index in [1.54, 1.807) is 0 Å². The van der Waals surface area contributed by atoms with Crippen LogP contribution in [0.1, 0.15) is 43.7 Å². The van der Waals surface area contributed by atoms with E-state index in [9.17, 15) is 15.3 Å². The van der Waals surface area contributed by atoms with Crippen molar-refractivity contribution in [1.82, 2.24) is 9.97 Å². The molecule has 108 valence electrons. The fourth-order valence-electron chi connectivity index (χ4n) is 1.60. The van der Waals surface area contributed by atoms with Gasteiger partial charge in [-0.15, -0.1) is 0 Å². The van der Waals surface area contributed by atoms with Crippen molar-refractivity contribution in [2.24, 2.45) is 0 Å². The minimum absolute atomic E-state index is 0.252. The van der Waals surface area contributed by atoms with E-state index in [1.807, 2.05) is 0 Å². The Bertz CT molecular complexity index is 375. The summed E-state index contributed by atoms with van der Waals surface area (Å²) < 4.78 is 0. The van der Waals surface area contributed by atoms with Crippen LogP contribution in [0.3, 0.4) is 0 Å². The fraction of sp³-hybridized carbons (Fsp3) is 0.667. The standard InChI is InChI=1S/C12H20N2O5/c1-12(18,19)5-10(15)9-7-13-8(6-14-9)3-2-4-11(16)17/h6-7,10-11,15-19H,2-5H2,1H3. The third-order valence-corrected chi connectivity index (χ3v) is 2.54. The molecule has 0 aliphatic heterocycles. The SMILES string of the molecule is CC(O)(O)CC(O)c1cnc(CCCC(O)O)cn1. The molecule has 19 heavy (non-hydrogen) atoms. The predicted molar refractivity (Wildman–Crippen MR) is 65.6 cm³/mol. The van der Waals surface area contributed by atoms with Gasteiger partial charge in [0.05, 0.1) is 17.6 Å². The van der Waals surface area contributed by atoms with Crippen LogP contribution in [0.5, 0.6) is 0 Å². The van der Waals surface area contributed by atoms with Crippen LogP contribution in [0.2, 0.25) is 0 Å². The van der Waals surface area contributed by atoms with E-state index in [-0.39, 0.29) is 18.5 Å². The molecule has 1 atom stereocenters. The van der Waals surface area contributed by atoms with Gasteiger partial charge in [-0.1, -0.05) is 0 Å². The van der Waals surface area contributed by atoms with Gasteiger partial charge < -0.3 is 25.5 Å². The number of aromatic nitrogens is 2. The molecule has 0 aliphatic rings. The second-order valence-electron chi connectivity index (χ2n) is 4.74. The number of hydrogen-bond donors (Lipinski definition) is 5. The van der Waals surface area contributed by atoms with Gasteiger partial charge in [-0.25, -0.2) is 0 Å². The van der Waals surface area contributed by atoms with Crippen molar-refractivity contribution in [3.8, 4) is 0 Å². The van der Waals surface area contributed by atoms with Crippen LogP contribution in [-0.4, -0.2) is 47.6 Å². The highest BCUT2D eigenvalue weighted by atomic mass is 16.5. The molecule has 1 unspecified atom stereocenters. The molecule has 0 radical (unpaired) electrons. The summed E-state index contributed by atoms with van der Waals surface area (Å²) in [5.74, 6) is -1.96. The van der Waals surface area contributed by atoms with Crippen LogP contribution in [0.25, 0.3) is 0 Å². The largest absolute Gasteiger partial charge is 0.387 e. The van der Waals surface area contributed by atoms with Crippen molar-refractivity contribution < 1.29 is 25.5 Å². The molecule has 0 aromatic carbocycles. The molecule has 0 saturated carbocycles. The maximum absolute atomic E-state index is 9.71. The molecular formula is C12H20N2O5. The number of aliphatic hydroxyl groups is 5. The van der Waals surface area contributed by atoms with Gasteiger partial charge in [-0.3, -0.25) is 9.97 Å². The number of aliphatic hydroxyl groups excluding tert-OH is 2. The third kappa shape index (κ3) is 6.55. The molecule has 1 aromatic heterocycles. The van der Waals surface area contributed by atoms with Gasteiger partial charge in [-0.05, 0) is 26.2 Å². The van der Waals surface area contributed by atoms with Crippen molar-refractivity contribution in [2.75, 3.05) is 0 Å². The molecule has 7 heteroatoms. The fourth-order valence-corrected chi connectivity index (χ4v) is 1.60. The van der Waals surface area contributed by atoms with Gasteiger partial charge in [0.25, 0.3) is 0 Å². The van der Waals surface area contributed by atoms with Crippen molar-refractivity contribution in [3.63, 3.8) is 0 Å². The van der Waals surface area contributed by atoms with E-state index in [2.05, 4.69) is 9.97 Å². The van der Waals surface area contributed by atoms with Gasteiger partial charge >= 0.3 is 0 Å². The van der Waals surface area contributed by atoms with Crippen LogP contribution in [0.4, 0.5) is 0 Å². The summed E-state index contributed by atoms with van der Waals surface area (Å²) in [5.41, 5.74) is 0.938. The monoisotopic (exact) mass is 272 g/mol. The van der Waals surface area contributed by atoms with E-state index >= 15 is 0 Å². The molecule has 5 N–H and O–H groups in total. The molecule has 0 spiro atoms. The van der Waals surface area contributed by atoms with Crippen LogP contribution in [0.15, 0.2) is 12.4 Å². The molecule has 0 fully saturated rings. The Balaban J connectivity index is 2.51. The lowest BCUT2D eigenvalue weighted by molar-refractivity contribution is -0.166. The Morgan fingerprint density at radius 1 is 1.16 bits per heavy atom. The summed E-state index contributed by atoms with van der Waals surface area (Å²) in [6.07, 6.45) is 1.58. The summed E-state index contributed by atoms with van der Waals surface area (Å²) in [6, 6.07) is 0. The Labute approximate surface area is 111 Å². The molecule has 0 amide bonds. The van der Waals surface area contributed by atoms with E-state index in [4.69, 9.17) is 10.2 Å². The second-order valence-corrected chi connectivity index (χ2v) is 4.74. The maximum Gasteiger partial charge on any atom is 0.162 e. The van der Waals surface area contributed by atoms with Gasteiger partial charge in [0, 0.05) is 12.6 Å². The first-order chi connectivity index (χ1) is 8.78.